The number of rotatable bonds is 1. The Bertz CT molecular complexity index is 605. The molecule has 1 saturated heterocycles. The number of ether oxygens (including phenoxy) is 1. The minimum absolute atomic E-state index is 0.180. The zero-order chi connectivity index (χ0) is 13.9. The number of hydrogen-bond acceptors (Lipinski definition) is 4. The maximum atomic E-state index is 12.2. The maximum Gasteiger partial charge on any atom is 0.346 e. The van der Waals surface area contributed by atoms with Gasteiger partial charge in [-0.3, -0.25) is 0 Å². The molecule has 3 rings (SSSR count). The Balaban J connectivity index is 1.79. The molecular weight excluding hydrogens is 280 g/mol. The molecule has 0 atom stereocenters. The van der Waals surface area contributed by atoms with E-state index in [1.807, 2.05) is 12.1 Å². The number of hydrogen-bond donors (Lipinski definition) is 0. The molecule has 104 valence electrons. The van der Waals surface area contributed by atoms with Crippen molar-refractivity contribution in [2.45, 2.75) is 0 Å². The Morgan fingerprint density at radius 1 is 1.20 bits per heavy atom. The van der Waals surface area contributed by atoms with Crippen LogP contribution in [0.1, 0.15) is 0 Å². The van der Waals surface area contributed by atoms with Crippen molar-refractivity contribution in [3.63, 3.8) is 0 Å². The van der Waals surface area contributed by atoms with E-state index in [1.54, 1.807) is 17.0 Å². The van der Waals surface area contributed by atoms with Crippen molar-refractivity contribution in [1.29, 1.82) is 0 Å². The van der Waals surface area contributed by atoms with Crippen molar-refractivity contribution >= 4 is 17.6 Å². The highest BCUT2D eigenvalue weighted by molar-refractivity contribution is 6.30. The third-order valence-corrected chi connectivity index (χ3v) is 3.32. The van der Waals surface area contributed by atoms with E-state index in [-0.39, 0.29) is 6.03 Å². The first-order valence-electron chi connectivity index (χ1n) is 6.29. The summed E-state index contributed by atoms with van der Waals surface area (Å²) >= 11 is 5.84. The fourth-order valence-electron chi connectivity index (χ4n) is 1.99. The zero-order valence-corrected chi connectivity index (χ0v) is 11.5. The lowest BCUT2D eigenvalue weighted by atomic mass is 10.2. The second-order valence-electron chi connectivity index (χ2n) is 4.40. The van der Waals surface area contributed by atoms with E-state index in [1.165, 1.54) is 11.0 Å². The van der Waals surface area contributed by atoms with Gasteiger partial charge in [-0.1, -0.05) is 11.6 Å². The number of halogens is 1. The quantitative estimate of drug-likeness (QED) is 0.805. The predicted molar refractivity (Wildman–Crippen MR) is 73.7 cm³/mol. The van der Waals surface area contributed by atoms with Crippen LogP contribution in [0.25, 0.3) is 11.4 Å². The van der Waals surface area contributed by atoms with Gasteiger partial charge in [-0.25, -0.2) is 9.78 Å². The first-order valence-corrected chi connectivity index (χ1v) is 6.66. The van der Waals surface area contributed by atoms with Gasteiger partial charge in [0.05, 0.1) is 13.2 Å². The van der Waals surface area contributed by atoms with Crippen molar-refractivity contribution in [2.75, 3.05) is 26.3 Å². The summed E-state index contributed by atoms with van der Waals surface area (Å²) in [7, 11) is 0. The highest BCUT2D eigenvalue weighted by Gasteiger charge is 2.19. The molecule has 0 saturated carbocycles. The molecular formula is C13H13ClN4O2. The molecule has 0 spiro atoms. The van der Waals surface area contributed by atoms with Gasteiger partial charge in [-0.2, -0.15) is 4.68 Å². The molecule has 1 aromatic heterocycles. The van der Waals surface area contributed by atoms with E-state index >= 15 is 0 Å². The molecule has 0 N–H and O–H groups in total. The Kier molecular flexibility index (Phi) is 3.66. The van der Waals surface area contributed by atoms with Gasteiger partial charge in [-0.05, 0) is 24.3 Å². The van der Waals surface area contributed by atoms with Gasteiger partial charge in [0, 0.05) is 23.7 Å². The van der Waals surface area contributed by atoms with Crippen molar-refractivity contribution < 1.29 is 9.53 Å². The van der Waals surface area contributed by atoms with Gasteiger partial charge in [-0.15, -0.1) is 5.10 Å². The van der Waals surface area contributed by atoms with Crippen LogP contribution >= 0.6 is 11.6 Å². The van der Waals surface area contributed by atoms with Crippen LogP contribution in [0.4, 0.5) is 4.79 Å². The first kappa shape index (κ1) is 13.1. The normalized spacial score (nSPS) is 15.3. The topological polar surface area (TPSA) is 60.2 Å². The second-order valence-corrected chi connectivity index (χ2v) is 4.84. The molecule has 0 aliphatic carbocycles. The van der Waals surface area contributed by atoms with Crippen LogP contribution in [0.2, 0.25) is 5.02 Å². The lowest BCUT2D eigenvalue weighted by Crippen LogP contribution is -2.43. The lowest BCUT2D eigenvalue weighted by Gasteiger charge is -2.25. The van der Waals surface area contributed by atoms with E-state index in [9.17, 15) is 4.79 Å². The van der Waals surface area contributed by atoms with Crippen LogP contribution in [0.15, 0.2) is 30.6 Å². The Labute approximate surface area is 120 Å². The summed E-state index contributed by atoms with van der Waals surface area (Å²) in [5.41, 5.74) is 0.822. The SMILES string of the molecule is O=C(N1CCOCC1)n1cnc(-c2ccc(Cl)cc2)n1. The Hall–Kier alpha value is -1.92. The predicted octanol–water partition coefficient (Wildman–Crippen LogP) is 1.90. The largest absolute Gasteiger partial charge is 0.378 e. The molecule has 20 heavy (non-hydrogen) atoms. The van der Waals surface area contributed by atoms with Crippen LogP contribution in [0.5, 0.6) is 0 Å². The van der Waals surface area contributed by atoms with Gasteiger partial charge >= 0.3 is 6.03 Å². The summed E-state index contributed by atoms with van der Waals surface area (Å²) in [6, 6.07) is 6.99. The van der Waals surface area contributed by atoms with Gasteiger partial charge in [0.15, 0.2) is 5.82 Å². The molecule has 2 heterocycles. The van der Waals surface area contributed by atoms with Crippen LogP contribution < -0.4 is 0 Å². The smallest absolute Gasteiger partial charge is 0.346 e. The average Bonchev–Trinajstić information content (AvgIpc) is 2.98. The molecule has 7 heteroatoms. The molecule has 6 nitrogen and oxygen atoms in total. The monoisotopic (exact) mass is 292 g/mol. The standard InChI is InChI=1S/C13H13ClN4O2/c14-11-3-1-10(2-4-11)12-15-9-18(16-12)13(19)17-5-7-20-8-6-17/h1-4,9H,5-8H2. The van der Waals surface area contributed by atoms with E-state index in [0.717, 1.165) is 5.56 Å². The number of benzene rings is 1. The summed E-state index contributed by atoms with van der Waals surface area (Å²) in [4.78, 5) is 18.1. The summed E-state index contributed by atoms with van der Waals surface area (Å²) in [5.74, 6) is 0.503. The number of carbonyl (C=O) groups is 1. The number of amides is 1. The van der Waals surface area contributed by atoms with E-state index < -0.39 is 0 Å². The van der Waals surface area contributed by atoms with Crippen molar-refractivity contribution in [3.05, 3.63) is 35.6 Å². The zero-order valence-electron chi connectivity index (χ0n) is 10.7. The number of aromatic nitrogens is 3. The third-order valence-electron chi connectivity index (χ3n) is 3.07. The fraction of sp³-hybridized carbons (Fsp3) is 0.308. The molecule has 1 aromatic carbocycles. The highest BCUT2D eigenvalue weighted by Crippen LogP contribution is 2.17. The first-order chi connectivity index (χ1) is 9.74. The Morgan fingerprint density at radius 3 is 2.60 bits per heavy atom. The van der Waals surface area contributed by atoms with Crippen molar-refractivity contribution in [1.82, 2.24) is 19.7 Å². The maximum absolute atomic E-state index is 12.2. The van der Waals surface area contributed by atoms with Crippen LogP contribution in [-0.2, 0) is 4.74 Å². The van der Waals surface area contributed by atoms with Crippen LogP contribution in [0.3, 0.4) is 0 Å². The number of carbonyl (C=O) groups excluding carboxylic acids is 1. The summed E-state index contributed by atoms with van der Waals surface area (Å²) in [6.07, 6.45) is 1.43. The van der Waals surface area contributed by atoms with Crippen molar-refractivity contribution in [3.8, 4) is 11.4 Å². The molecule has 1 aliphatic heterocycles. The minimum atomic E-state index is -0.180. The van der Waals surface area contributed by atoms with Crippen molar-refractivity contribution in [2.24, 2.45) is 0 Å². The molecule has 0 bridgehead atoms. The number of nitrogens with zero attached hydrogens (tertiary/aromatic N) is 4. The van der Waals surface area contributed by atoms with E-state index in [2.05, 4.69) is 10.1 Å². The van der Waals surface area contributed by atoms with E-state index in [0.29, 0.717) is 37.2 Å². The Morgan fingerprint density at radius 2 is 1.90 bits per heavy atom. The molecule has 1 amide bonds. The third kappa shape index (κ3) is 2.66. The highest BCUT2D eigenvalue weighted by atomic mass is 35.5. The molecule has 0 radical (unpaired) electrons. The van der Waals surface area contributed by atoms with Crippen LogP contribution in [0, 0.1) is 0 Å². The van der Waals surface area contributed by atoms with Gasteiger partial charge in [0.25, 0.3) is 0 Å². The molecule has 2 aromatic rings. The number of morpholine rings is 1. The molecule has 1 aliphatic rings. The summed E-state index contributed by atoms with van der Waals surface area (Å²) < 4.78 is 6.48. The fourth-order valence-corrected chi connectivity index (χ4v) is 2.11. The minimum Gasteiger partial charge on any atom is -0.378 e. The second kappa shape index (κ2) is 5.60. The van der Waals surface area contributed by atoms with Crippen LogP contribution in [-0.4, -0.2) is 52.0 Å². The summed E-state index contributed by atoms with van der Waals surface area (Å²) in [6.45, 7) is 2.28. The summed E-state index contributed by atoms with van der Waals surface area (Å²) in [5, 5.41) is 4.87. The average molecular weight is 293 g/mol. The van der Waals surface area contributed by atoms with Gasteiger partial charge < -0.3 is 9.64 Å². The van der Waals surface area contributed by atoms with Gasteiger partial charge in [0.2, 0.25) is 0 Å². The lowest BCUT2D eigenvalue weighted by molar-refractivity contribution is 0.0528. The molecule has 0 unspecified atom stereocenters. The molecule has 1 fully saturated rings. The van der Waals surface area contributed by atoms with Gasteiger partial charge in [0.1, 0.15) is 6.33 Å². The van der Waals surface area contributed by atoms with E-state index in [4.69, 9.17) is 16.3 Å².